The van der Waals surface area contributed by atoms with Gasteiger partial charge in [0.25, 0.3) is 0 Å². The highest BCUT2D eigenvalue weighted by Gasteiger charge is 2.26. The number of fused-ring (bicyclic) bond motifs is 1. The van der Waals surface area contributed by atoms with Gasteiger partial charge in [-0.2, -0.15) is 0 Å². The summed E-state index contributed by atoms with van der Waals surface area (Å²) in [6.07, 6.45) is 0.721. The third-order valence-electron chi connectivity index (χ3n) is 3.52. The smallest absolute Gasteiger partial charge is 0.247 e. The number of rotatable bonds is 4. The molecule has 0 unspecified atom stereocenters. The number of hydrogen-bond donors (Lipinski definition) is 2. The van der Waals surface area contributed by atoms with Crippen LogP contribution in [0.1, 0.15) is 12.5 Å². The molecule has 1 aliphatic heterocycles. The third-order valence-corrected chi connectivity index (χ3v) is 3.52. The lowest BCUT2D eigenvalue weighted by Crippen LogP contribution is -2.32. The Bertz CT molecular complexity index is 612. The Morgan fingerprint density at radius 2 is 2.00 bits per heavy atom. The van der Waals surface area contributed by atoms with Crippen molar-refractivity contribution in [1.29, 1.82) is 0 Å². The number of carbonyl (C=O) groups is 1. The van der Waals surface area contributed by atoms with E-state index in [0.29, 0.717) is 6.61 Å². The molecule has 3 rings (SSSR count). The molecule has 0 spiro atoms. The first-order valence-corrected chi connectivity index (χ1v) is 7.14. The average Bonchev–Trinajstić information content (AvgIpc) is 2.94. The average molecular weight is 282 g/mol. The minimum Gasteiger partial charge on any atom is -0.494 e. The van der Waals surface area contributed by atoms with Crippen molar-refractivity contribution in [1.82, 2.24) is 0 Å². The molecule has 4 nitrogen and oxygen atoms in total. The number of para-hydroxylation sites is 1. The number of hydrogen-bond acceptors (Lipinski definition) is 3. The second-order valence-corrected chi connectivity index (χ2v) is 5.00. The normalized spacial score (nSPS) is 16.0. The van der Waals surface area contributed by atoms with Gasteiger partial charge < -0.3 is 15.4 Å². The highest BCUT2D eigenvalue weighted by Crippen LogP contribution is 2.26. The lowest BCUT2D eigenvalue weighted by atomic mass is 10.1. The number of benzene rings is 2. The fourth-order valence-corrected chi connectivity index (χ4v) is 2.49. The molecule has 0 aliphatic carbocycles. The van der Waals surface area contributed by atoms with E-state index in [9.17, 15) is 4.79 Å². The summed E-state index contributed by atoms with van der Waals surface area (Å²) in [6, 6.07) is 15.2. The minimum atomic E-state index is -0.214. The van der Waals surface area contributed by atoms with Crippen LogP contribution in [0.5, 0.6) is 5.75 Å². The van der Waals surface area contributed by atoms with Crippen LogP contribution in [0, 0.1) is 0 Å². The van der Waals surface area contributed by atoms with E-state index in [1.165, 1.54) is 5.56 Å². The first-order valence-electron chi connectivity index (χ1n) is 7.14. The molecule has 4 heteroatoms. The largest absolute Gasteiger partial charge is 0.494 e. The van der Waals surface area contributed by atoms with E-state index in [4.69, 9.17) is 4.74 Å². The van der Waals surface area contributed by atoms with Crippen molar-refractivity contribution in [3.05, 3.63) is 54.1 Å². The van der Waals surface area contributed by atoms with Gasteiger partial charge in [-0.25, -0.2) is 0 Å². The van der Waals surface area contributed by atoms with Crippen molar-refractivity contribution < 1.29 is 9.53 Å². The van der Waals surface area contributed by atoms with Gasteiger partial charge in [-0.05, 0) is 42.8 Å². The van der Waals surface area contributed by atoms with Gasteiger partial charge in [-0.15, -0.1) is 0 Å². The summed E-state index contributed by atoms with van der Waals surface area (Å²) in [5.74, 6) is 0.789. The Labute approximate surface area is 124 Å². The molecule has 1 amide bonds. The standard InChI is InChI=1S/C17H18N2O2/c1-2-21-14-9-7-13(8-10-14)18-17(20)16-11-12-5-3-4-6-15(12)19-16/h3-10,16,19H,2,11H2,1H3,(H,18,20)/t16-/m0/s1. The Balaban J connectivity index is 1.62. The van der Waals surface area contributed by atoms with Crippen LogP contribution >= 0.6 is 0 Å². The number of nitrogens with one attached hydrogen (secondary N) is 2. The zero-order chi connectivity index (χ0) is 14.7. The number of anilines is 2. The SMILES string of the molecule is CCOc1ccc(NC(=O)[C@@H]2Cc3ccccc3N2)cc1. The molecular formula is C17H18N2O2. The Morgan fingerprint density at radius 3 is 2.71 bits per heavy atom. The van der Waals surface area contributed by atoms with Crippen molar-refractivity contribution in [3.63, 3.8) is 0 Å². The lowest BCUT2D eigenvalue weighted by Gasteiger charge is -2.12. The second-order valence-electron chi connectivity index (χ2n) is 5.00. The van der Waals surface area contributed by atoms with Crippen LogP contribution < -0.4 is 15.4 Å². The topological polar surface area (TPSA) is 50.4 Å². The van der Waals surface area contributed by atoms with E-state index in [1.54, 1.807) is 0 Å². The van der Waals surface area contributed by atoms with E-state index in [1.807, 2.05) is 55.5 Å². The number of amides is 1. The predicted octanol–water partition coefficient (Wildman–Crippen LogP) is 3.06. The molecule has 2 aromatic rings. The summed E-state index contributed by atoms with van der Waals surface area (Å²) >= 11 is 0. The van der Waals surface area contributed by atoms with Crippen LogP contribution in [-0.2, 0) is 11.2 Å². The first-order chi connectivity index (χ1) is 10.3. The fourth-order valence-electron chi connectivity index (χ4n) is 2.49. The summed E-state index contributed by atoms with van der Waals surface area (Å²) in [6.45, 7) is 2.58. The van der Waals surface area contributed by atoms with E-state index < -0.39 is 0 Å². The van der Waals surface area contributed by atoms with Gasteiger partial charge in [0.05, 0.1) is 6.61 Å². The first kappa shape index (κ1) is 13.5. The maximum absolute atomic E-state index is 12.3. The molecule has 1 heterocycles. The van der Waals surface area contributed by atoms with Crippen LogP contribution in [0.25, 0.3) is 0 Å². The highest BCUT2D eigenvalue weighted by atomic mass is 16.5. The van der Waals surface area contributed by atoms with E-state index in [2.05, 4.69) is 10.6 Å². The minimum absolute atomic E-state index is 0.0182. The van der Waals surface area contributed by atoms with Gasteiger partial charge in [-0.1, -0.05) is 18.2 Å². The van der Waals surface area contributed by atoms with Crippen LogP contribution in [-0.4, -0.2) is 18.6 Å². The monoisotopic (exact) mass is 282 g/mol. The van der Waals surface area contributed by atoms with E-state index in [-0.39, 0.29) is 11.9 Å². The Kier molecular flexibility index (Phi) is 3.77. The summed E-state index contributed by atoms with van der Waals surface area (Å²) in [7, 11) is 0. The van der Waals surface area contributed by atoms with Crippen LogP contribution in [0.4, 0.5) is 11.4 Å². The van der Waals surface area contributed by atoms with Gasteiger partial charge in [0.15, 0.2) is 0 Å². The van der Waals surface area contributed by atoms with Crippen LogP contribution in [0.2, 0.25) is 0 Å². The van der Waals surface area contributed by atoms with Gasteiger partial charge in [0.2, 0.25) is 5.91 Å². The molecule has 0 bridgehead atoms. The molecule has 0 radical (unpaired) electrons. The Morgan fingerprint density at radius 1 is 1.24 bits per heavy atom. The van der Waals surface area contributed by atoms with Crippen LogP contribution in [0.3, 0.4) is 0 Å². The van der Waals surface area contributed by atoms with E-state index >= 15 is 0 Å². The molecule has 21 heavy (non-hydrogen) atoms. The maximum Gasteiger partial charge on any atom is 0.247 e. The zero-order valence-corrected chi connectivity index (χ0v) is 11.9. The van der Waals surface area contributed by atoms with Crippen molar-refractivity contribution in [2.24, 2.45) is 0 Å². The molecule has 0 aromatic heterocycles. The number of ether oxygens (including phenoxy) is 1. The van der Waals surface area contributed by atoms with E-state index in [0.717, 1.165) is 23.5 Å². The van der Waals surface area contributed by atoms with Crippen molar-refractivity contribution in [2.75, 3.05) is 17.2 Å². The molecule has 1 aliphatic rings. The van der Waals surface area contributed by atoms with Gasteiger partial charge in [0.1, 0.15) is 11.8 Å². The molecule has 1 atom stereocenters. The molecule has 0 saturated carbocycles. The molecule has 0 saturated heterocycles. The molecule has 108 valence electrons. The molecule has 2 N–H and O–H groups in total. The summed E-state index contributed by atoms with van der Waals surface area (Å²) in [5.41, 5.74) is 3.01. The summed E-state index contributed by atoms with van der Waals surface area (Å²) in [4.78, 5) is 12.3. The Hall–Kier alpha value is -2.49. The lowest BCUT2D eigenvalue weighted by molar-refractivity contribution is -0.116. The van der Waals surface area contributed by atoms with Crippen LogP contribution in [0.15, 0.2) is 48.5 Å². The van der Waals surface area contributed by atoms with Crippen molar-refractivity contribution >= 4 is 17.3 Å². The summed E-state index contributed by atoms with van der Waals surface area (Å²) in [5, 5.41) is 6.18. The predicted molar refractivity (Wildman–Crippen MR) is 83.8 cm³/mol. The third kappa shape index (κ3) is 2.99. The maximum atomic E-state index is 12.3. The zero-order valence-electron chi connectivity index (χ0n) is 11.9. The fraction of sp³-hybridized carbons (Fsp3) is 0.235. The highest BCUT2D eigenvalue weighted by molar-refractivity contribution is 5.98. The van der Waals surface area contributed by atoms with Gasteiger partial charge >= 0.3 is 0 Å². The number of carbonyl (C=O) groups excluding carboxylic acids is 1. The second kappa shape index (κ2) is 5.87. The van der Waals surface area contributed by atoms with Crippen molar-refractivity contribution in [2.45, 2.75) is 19.4 Å². The van der Waals surface area contributed by atoms with Gasteiger partial charge in [-0.3, -0.25) is 4.79 Å². The molecule has 0 fully saturated rings. The van der Waals surface area contributed by atoms with Crippen molar-refractivity contribution in [3.8, 4) is 5.75 Å². The molecule has 2 aromatic carbocycles. The quantitative estimate of drug-likeness (QED) is 0.906. The van der Waals surface area contributed by atoms with Gasteiger partial charge in [0, 0.05) is 17.8 Å². The summed E-state index contributed by atoms with van der Waals surface area (Å²) < 4.78 is 5.38. The molecular weight excluding hydrogens is 264 g/mol.